The van der Waals surface area contributed by atoms with Gasteiger partial charge in [-0.2, -0.15) is 5.26 Å². The molecule has 6 heteroatoms. The van der Waals surface area contributed by atoms with E-state index >= 15 is 0 Å². The average Bonchev–Trinajstić information content (AvgIpc) is 3.08. The molecule has 0 N–H and O–H groups in total. The van der Waals surface area contributed by atoms with Crippen molar-refractivity contribution in [2.75, 3.05) is 0 Å². The maximum absolute atomic E-state index is 9.32. The van der Waals surface area contributed by atoms with Crippen molar-refractivity contribution in [3.63, 3.8) is 0 Å². The SMILES string of the molecule is N#Cc1ccc(-c2ccncc2)n2nc(-c3cccnc3)nc12. The van der Waals surface area contributed by atoms with Gasteiger partial charge in [0.25, 0.3) is 0 Å². The molecular formula is C17H10N6. The molecule has 0 unspecified atom stereocenters. The summed E-state index contributed by atoms with van der Waals surface area (Å²) in [7, 11) is 0. The van der Waals surface area contributed by atoms with E-state index in [1.807, 2.05) is 30.3 Å². The van der Waals surface area contributed by atoms with Gasteiger partial charge < -0.3 is 0 Å². The van der Waals surface area contributed by atoms with Crippen molar-refractivity contribution in [3.05, 3.63) is 66.7 Å². The van der Waals surface area contributed by atoms with Crippen LogP contribution in [-0.2, 0) is 0 Å². The summed E-state index contributed by atoms with van der Waals surface area (Å²) < 4.78 is 1.69. The van der Waals surface area contributed by atoms with Crippen molar-refractivity contribution in [2.45, 2.75) is 0 Å². The first-order valence-electron chi connectivity index (χ1n) is 6.97. The second-order valence-electron chi connectivity index (χ2n) is 4.89. The fourth-order valence-corrected chi connectivity index (χ4v) is 2.41. The van der Waals surface area contributed by atoms with Crippen LogP contribution in [0.5, 0.6) is 0 Å². The van der Waals surface area contributed by atoms with Crippen molar-refractivity contribution in [1.29, 1.82) is 5.26 Å². The van der Waals surface area contributed by atoms with Crippen LogP contribution in [0.1, 0.15) is 5.56 Å². The van der Waals surface area contributed by atoms with Crippen molar-refractivity contribution in [3.8, 4) is 28.7 Å². The molecule has 0 amide bonds. The van der Waals surface area contributed by atoms with E-state index in [1.165, 1.54) is 0 Å². The third-order valence-corrected chi connectivity index (χ3v) is 3.50. The van der Waals surface area contributed by atoms with E-state index in [9.17, 15) is 5.26 Å². The quantitative estimate of drug-likeness (QED) is 0.568. The Morgan fingerprint density at radius 3 is 2.52 bits per heavy atom. The highest BCUT2D eigenvalue weighted by molar-refractivity contribution is 5.69. The summed E-state index contributed by atoms with van der Waals surface area (Å²) >= 11 is 0. The number of pyridine rings is 3. The van der Waals surface area contributed by atoms with Crippen LogP contribution in [0.2, 0.25) is 0 Å². The van der Waals surface area contributed by atoms with Gasteiger partial charge in [-0.05, 0) is 36.4 Å². The number of aromatic nitrogens is 5. The number of hydrogen-bond acceptors (Lipinski definition) is 5. The Labute approximate surface area is 131 Å². The van der Waals surface area contributed by atoms with Crippen molar-refractivity contribution >= 4 is 5.65 Å². The summed E-state index contributed by atoms with van der Waals surface area (Å²) in [6, 6.07) is 13.3. The lowest BCUT2D eigenvalue weighted by atomic mass is 10.1. The summed E-state index contributed by atoms with van der Waals surface area (Å²) in [4.78, 5) is 12.6. The fraction of sp³-hybridized carbons (Fsp3) is 0. The molecule has 4 aromatic rings. The lowest BCUT2D eigenvalue weighted by molar-refractivity contribution is 0.970. The highest BCUT2D eigenvalue weighted by Gasteiger charge is 2.14. The molecule has 0 spiro atoms. The topological polar surface area (TPSA) is 79.8 Å². The third-order valence-electron chi connectivity index (χ3n) is 3.50. The molecule has 4 rings (SSSR count). The third kappa shape index (κ3) is 2.21. The minimum Gasteiger partial charge on any atom is -0.265 e. The molecule has 0 atom stereocenters. The van der Waals surface area contributed by atoms with Gasteiger partial charge in [-0.15, -0.1) is 5.10 Å². The molecule has 0 radical (unpaired) electrons. The maximum atomic E-state index is 9.32. The largest absolute Gasteiger partial charge is 0.265 e. The molecule has 0 bridgehead atoms. The van der Waals surface area contributed by atoms with Gasteiger partial charge in [-0.1, -0.05) is 0 Å². The predicted molar refractivity (Wildman–Crippen MR) is 84.2 cm³/mol. The number of hydrogen-bond donors (Lipinski definition) is 0. The van der Waals surface area contributed by atoms with E-state index in [2.05, 4.69) is 26.1 Å². The summed E-state index contributed by atoms with van der Waals surface area (Å²) in [5.74, 6) is 0.538. The molecule has 108 valence electrons. The van der Waals surface area contributed by atoms with Crippen LogP contribution in [0.4, 0.5) is 0 Å². The minimum absolute atomic E-state index is 0.477. The molecule has 0 aliphatic heterocycles. The Bertz CT molecular complexity index is 1020. The van der Waals surface area contributed by atoms with Gasteiger partial charge in [0.2, 0.25) is 0 Å². The zero-order chi connectivity index (χ0) is 15.6. The van der Waals surface area contributed by atoms with E-state index < -0.39 is 0 Å². The molecule has 0 aromatic carbocycles. The molecule has 0 saturated heterocycles. The van der Waals surface area contributed by atoms with E-state index in [0.29, 0.717) is 17.0 Å². The van der Waals surface area contributed by atoms with Gasteiger partial charge in [-0.25, -0.2) is 9.50 Å². The first-order valence-corrected chi connectivity index (χ1v) is 6.97. The molecule has 4 aromatic heterocycles. The number of rotatable bonds is 2. The van der Waals surface area contributed by atoms with Crippen molar-refractivity contribution < 1.29 is 0 Å². The number of fused-ring (bicyclic) bond motifs is 1. The van der Waals surface area contributed by atoms with Crippen LogP contribution in [0.25, 0.3) is 28.3 Å². The Morgan fingerprint density at radius 2 is 1.78 bits per heavy atom. The monoisotopic (exact) mass is 298 g/mol. The normalized spacial score (nSPS) is 10.6. The van der Waals surface area contributed by atoms with Gasteiger partial charge in [0.05, 0.1) is 11.3 Å². The van der Waals surface area contributed by atoms with E-state index in [4.69, 9.17) is 0 Å². The fourth-order valence-electron chi connectivity index (χ4n) is 2.41. The molecule has 23 heavy (non-hydrogen) atoms. The average molecular weight is 298 g/mol. The van der Waals surface area contributed by atoms with E-state index in [1.54, 1.807) is 35.4 Å². The zero-order valence-corrected chi connectivity index (χ0v) is 12.0. The first-order chi connectivity index (χ1) is 11.4. The van der Waals surface area contributed by atoms with Gasteiger partial charge in [0.1, 0.15) is 6.07 Å². The lowest BCUT2D eigenvalue weighted by Crippen LogP contribution is -1.96. The predicted octanol–water partition coefficient (Wildman–Crippen LogP) is 2.72. The van der Waals surface area contributed by atoms with Crippen LogP contribution in [0.3, 0.4) is 0 Å². The van der Waals surface area contributed by atoms with Crippen LogP contribution in [0, 0.1) is 11.3 Å². The smallest absolute Gasteiger partial charge is 0.183 e. The van der Waals surface area contributed by atoms with Crippen LogP contribution < -0.4 is 0 Å². The maximum Gasteiger partial charge on any atom is 0.183 e. The lowest BCUT2D eigenvalue weighted by Gasteiger charge is -2.04. The summed E-state index contributed by atoms with van der Waals surface area (Å²) in [5.41, 5.74) is 3.62. The second kappa shape index (κ2) is 5.31. The molecule has 4 heterocycles. The molecular weight excluding hydrogens is 288 g/mol. The van der Waals surface area contributed by atoms with Crippen LogP contribution in [0.15, 0.2) is 61.2 Å². The van der Waals surface area contributed by atoms with Gasteiger partial charge in [0, 0.05) is 35.9 Å². The number of nitriles is 1. The number of nitrogens with zero attached hydrogens (tertiary/aromatic N) is 6. The Balaban J connectivity index is 2.00. The second-order valence-corrected chi connectivity index (χ2v) is 4.89. The van der Waals surface area contributed by atoms with Crippen LogP contribution >= 0.6 is 0 Å². The summed E-state index contributed by atoms with van der Waals surface area (Å²) in [6.45, 7) is 0. The highest BCUT2D eigenvalue weighted by Crippen LogP contribution is 2.24. The van der Waals surface area contributed by atoms with Gasteiger partial charge >= 0.3 is 0 Å². The Morgan fingerprint density at radius 1 is 0.913 bits per heavy atom. The van der Waals surface area contributed by atoms with Gasteiger partial charge in [0.15, 0.2) is 11.5 Å². The van der Waals surface area contributed by atoms with E-state index in [0.717, 1.165) is 16.8 Å². The molecule has 0 fully saturated rings. The van der Waals surface area contributed by atoms with E-state index in [-0.39, 0.29) is 0 Å². The summed E-state index contributed by atoms with van der Waals surface area (Å²) in [6.07, 6.45) is 6.84. The van der Waals surface area contributed by atoms with Crippen LogP contribution in [-0.4, -0.2) is 24.6 Å². The molecule has 0 aliphatic rings. The zero-order valence-electron chi connectivity index (χ0n) is 12.0. The first kappa shape index (κ1) is 13.1. The highest BCUT2D eigenvalue weighted by atomic mass is 15.3. The standard InChI is InChI=1S/C17H10N6/c18-10-13-3-4-15(12-5-8-19-9-6-12)23-17(13)21-16(22-23)14-2-1-7-20-11-14/h1-9,11H. The van der Waals surface area contributed by atoms with Crippen molar-refractivity contribution in [2.24, 2.45) is 0 Å². The molecule has 6 nitrogen and oxygen atoms in total. The Kier molecular flexibility index (Phi) is 3.03. The minimum atomic E-state index is 0.477. The Hall–Kier alpha value is -3.59. The summed E-state index contributed by atoms with van der Waals surface area (Å²) in [5, 5.41) is 13.9. The molecule has 0 aliphatic carbocycles. The van der Waals surface area contributed by atoms with Crippen molar-refractivity contribution in [1.82, 2.24) is 24.6 Å². The van der Waals surface area contributed by atoms with Gasteiger partial charge in [-0.3, -0.25) is 9.97 Å². The molecule has 0 saturated carbocycles.